The first-order chi connectivity index (χ1) is 8.13. The van der Waals surface area contributed by atoms with Crippen LogP contribution >= 0.6 is 34.7 Å². The number of thioether (sulfide) groups is 1. The molecular weight excluding hydrogens is 272 g/mol. The van der Waals surface area contributed by atoms with Crippen molar-refractivity contribution in [1.29, 1.82) is 0 Å². The van der Waals surface area contributed by atoms with Gasteiger partial charge in [0.15, 0.2) is 0 Å². The summed E-state index contributed by atoms with van der Waals surface area (Å²) in [5, 5.41) is 3.23. The predicted molar refractivity (Wildman–Crippen MR) is 80.3 cm³/mol. The first-order valence-electron chi connectivity index (χ1n) is 5.85. The van der Waals surface area contributed by atoms with Crippen LogP contribution in [0.5, 0.6) is 0 Å². The van der Waals surface area contributed by atoms with E-state index >= 15 is 0 Å². The molecule has 1 rings (SSSR count). The van der Waals surface area contributed by atoms with Crippen LogP contribution in [-0.4, -0.2) is 35.0 Å². The Morgan fingerprint density at radius 3 is 2.76 bits per heavy atom. The molecule has 17 heavy (non-hydrogen) atoms. The second kappa shape index (κ2) is 7.62. The summed E-state index contributed by atoms with van der Waals surface area (Å²) in [7, 11) is 2.19. The third kappa shape index (κ3) is 4.12. The molecule has 1 aromatic rings. The second-order valence-corrected chi connectivity index (χ2v) is 6.24. The van der Waals surface area contributed by atoms with Crippen molar-refractivity contribution in [1.82, 2.24) is 9.88 Å². The average molecular weight is 293 g/mol. The van der Waals surface area contributed by atoms with E-state index in [2.05, 4.69) is 42.4 Å². The van der Waals surface area contributed by atoms with Crippen molar-refractivity contribution >= 4 is 34.7 Å². The van der Waals surface area contributed by atoms with Gasteiger partial charge >= 0.3 is 0 Å². The maximum Gasteiger partial charge on any atom is 0.110 e. The summed E-state index contributed by atoms with van der Waals surface area (Å²) >= 11 is 9.41. The predicted octanol–water partition coefficient (Wildman–Crippen LogP) is 4.02. The van der Waals surface area contributed by atoms with Gasteiger partial charge in [-0.1, -0.05) is 6.92 Å². The molecule has 2 atom stereocenters. The van der Waals surface area contributed by atoms with Crippen molar-refractivity contribution in [3.8, 4) is 0 Å². The number of alkyl halides is 1. The lowest BCUT2D eigenvalue weighted by atomic mass is 10.2. The Morgan fingerprint density at radius 1 is 1.59 bits per heavy atom. The molecule has 0 saturated heterocycles. The number of halogens is 1. The molecule has 0 aliphatic rings. The number of thiazole rings is 1. The Balaban J connectivity index is 2.70. The molecule has 0 aromatic carbocycles. The fraction of sp³-hybridized carbons (Fsp3) is 0.750. The molecule has 2 unspecified atom stereocenters. The molecule has 0 spiro atoms. The highest BCUT2D eigenvalue weighted by Crippen LogP contribution is 2.26. The molecular formula is C12H21ClN2S2. The normalized spacial score (nSPS) is 15.2. The molecule has 0 fully saturated rings. The van der Waals surface area contributed by atoms with Crippen molar-refractivity contribution in [3.05, 3.63) is 16.1 Å². The van der Waals surface area contributed by atoms with Crippen LogP contribution in [0.4, 0.5) is 0 Å². The van der Waals surface area contributed by atoms with Gasteiger partial charge in [0.2, 0.25) is 0 Å². The third-order valence-electron chi connectivity index (χ3n) is 3.08. The lowest BCUT2D eigenvalue weighted by Gasteiger charge is -2.31. The maximum atomic E-state index is 5.79. The Bertz CT molecular complexity index is 330. The van der Waals surface area contributed by atoms with Crippen LogP contribution in [0, 0.1) is 0 Å². The molecule has 0 bridgehead atoms. The van der Waals surface area contributed by atoms with Gasteiger partial charge in [0.05, 0.1) is 17.6 Å². The van der Waals surface area contributed by atoms with Gasteiger partial charge in [-0.05, 0) is 26.6 Å². The minimum absolute atomic E-state index is 0.370. The highest BCUT2D eigenvalue weighted by Gasteiger charge is 2.21. The quantitative estimate of drug-likeness (QED) is 0.706. The first-order valence-corrected chi connectivity index (χ1v) is 8.65. The fourth-order valence-corrected chi connectivity index (χ4v) is 3.79. The molecule has 0 aliphatic carbocycles. The fourth-order valence-electron chi connectivity index (χ4n) is 1.78. The zero-order valence-corrected chi connectivity index (χ0v) is 13.3. The largest absolute Gasteiger partial charge is 0.294 e. The van der Waals surface area contributed by atoms with E-state index < -0.39 is 0 Å². The van der Waals surface area contributed by atoms with Crippen molar-refractivity contribution in [2.45, 2.75) is 38.2 Å². The number of hydrogen-bond donors (Lipinski definition) is 0. The summed E-state index contributed by atoms with van der Waals surface area (Å²) in [6.07, 6.45) is 3.34. The van der Waals surface area contributed by atoms with E-state index in [-0.39, 0.29) is 0 Å². The molecule has 0 radical (unpaired) electrons. The minimum Gasteiger partial charge on any atom is -0.294 e. The third-order valence-corrected chi connectivity index (χ3v) is 5.14. The molecule has 98 valence electrons. The zero-order chi connectivity index (χ0) is 12.8. The molecule has 0 saturated carbocycles. The topological polar surface area (TPSA) is 16.1 Å². The van der Waals surface area contributed by atoms with Gasteiger partial charge in [0, 0.05) is 17.2 Å². The highest BCUT2D eigenvalue weighted by atomic mass is 35.5. The zero-order valence-electron chi connectivity index (χ0n) is 10.9. The van der Waals surface area contributed by atoms with Crippen molar-refractivity contribution in [3.63, 3.8) is 0 Å². The molecule has 0 N–H and O–H groups in total. The van der Waals surface area contributed by atoms with E-state index in [0.717, 1.165) is 5.69 Å². The van der Waals surface area contributed by atoms with Crippen LogP contribution in [0.3, 0.4) is 0 Å². The van der Waals surface area contributed by atoms with E-state index in [4.69, 9.17) is 11.6 Å². The lowest BCUT2D eigenvalue weighted by Crippen LogP contribution is -2.35. The van der Waals surface area contributed by atoms with Gasteiger partial charge in [-0.3, -0.25) is 4.90 Å². The van der Waals surface area contributed by atoms with Crippen molar-refractivity contribution < 1.29 is 0 Å². The summed E-state index contributed by atoms with van der Waals surface area (Å²) in [6, 6.07) is 0.984. The van der Waals surface area contributed by atoms with Crippen LogP contribution in [0.15, 0.2) is 5.38 Å². The molecule has 0 amide bonds. The summed E-state index contributed by atoms with van der Waals surface area (Å²) < 4.78 is 0. The first kappa shape index (κ1) is 15.3. The van der Waals surface area contributed by atoms with E-state index in [0.29, 0.717) is 18.0 Å². The van der Waals surface area contributed by atoms with Gasteiger partial charge in [-0.2, -0.15) is 11.8 Å². The smallest absolute Gasteiger partial charge is 0.110 e. The van der Waals surface area contributed by atoms with Crippen LogP contribution in [-0.2, 0) is 5.88 Å². The highest BCUT2D eigenvalue weighted by molar-refractivity contribution is 7.98. The van der Waals surface area contributed by atoms with E-state index in [9.17, 15) is 0 Å². The molecule has 1 heterocycles. The SMILES string of the molecule is CCC(CSC)N(C)C(C)c1nc(CCl)cs1. The number of rotatable bonds is 7. The monoisotopic (exact) mass is 292 g/mol. The van der Waals surface area contributed by atoms with Gasteiger partial charge in [-0.25, -0.2) is 4.98 Å². The lowest BCUT2D eigenvalue weighted by molar-refractivity contribution is 0.196. The Hall–Kier alpha value is 0.230. The van der Waals surface area contributed by atoms with Crippen molar-refractivity contribution in [2.75, 3.05) is 19.1 Å². The van der Waals surface area contributed by atoms with E-state index in [1.807, 2.05) is 11.8 Å². The number of nitrogens with zero attached hydrogens (tertiary/aromatic N) is 2. The van der Waals surface area contributed by atoms with Crippen molar-refractivity contribution in [2.24, 2.45) is 0 Å². The number of aromatic nitrogens is 1. The van der Waals surface area contributed by atoms with Gasteiger partial charge in [0.25, 0.3) is 0 Å². The van der Waals surface area contributed by atoms with Gasteiger partial charge in [-0.15, -0.1) is 22.9 Å². The van der Waals surface area contributed by atoms with Crippen LogP contribution in [0.2, 0.25) is 0 Å². The van der Waals surface area contributed by atoms with E-state index in [1.165, 1.54) is 17.2 Å². The summed E-state index contributed by atoms with van der Waals surface area (Å²) in [5.74, 6) is 1.68. The molecule has 0 aliphatic heterocycles. The standard InChI is InChI=1S/C12H21ClN2S2/c1-5-11(8-16-4)15(3)9(2)12-14-10(6-13)7-17-12/h7,9,11H,5-6,8H2,1-4H3. The summed E-state index contributed by atoms with van der Waals surface area (Å²) in [5.41, 5.74) is 0.991. The number of hydrogen-bond acceptors (Lipinski definition) is 4. The maximum absolute atomic E-state index is 5.79. The molecule has 2 nitrogen and oxygen atoms in total. The molecule has 1 aromatic heterocycles. The molecule has 5 heteroatoms. The summed E-state index contributed by atoms with van der Waals surface area (Å²) in [4.78, 5) is 6.99. The Labute approximate surface area is 118 Å². The summed E-state index contributed by atoms with van der Waals surface area (Å²) in [6.45, 7) is 4.47. The van der Waals surface area contributed by atoms with Crippen LogP contribution in [0.1, 0.15) is 37.0 Å². The van der Waals surface area contributed by atoms with Crippen LogP contribution < -0.4 is 0 Å². The van der Waals surface area contributed by atoms with Crippen LogP contribution in [0.25, 0.3) is 0 Å². The Kier molecular flexibility index (Phi) is 6.85. The second-order valence-electron chi connectivity index (χ2n) is 4.17. The van der Waals surface area contributed by atoms with Gasteiger partial charge < -0.3 is 0 Å². The van der Waals surface area contributed by atoms with E-state index in [1.54, 1.807) is 11.3 Å². The minimum atomic E-state index is 0.370. The van der Waals surface area contributed by atoms with Gasteiger partial charge in [0.1, 0.15) is 5.01 Å². The average Bonchev–Trinajstić information content (AvgIpc) is 2.82. The Morgan fingerprint density at radius 2 is 2.29 bits per heavy atom.